The lowest BCUT2D eigenvalue weighted by atomic mass is 9.88. The average Bonchev–Trinajstić information content (AvgIpc) is 2.55. The monoisotopic (exact) mass is 320 g/mol. The molecule has 0 aromatic heterocycles. The first-order valence-corrected chi connectivity index (χ1v) is 9.17. The molecule has 130 valence electrons. The maximum absolute atomic E-state index is 12.7. The molecule has 2 amide bonds. The number of piperidine rings is 1. The minimum Gasteiger partial charge on any atom is -0.355 e. The molecule has 1 saturated heterocycles. The van der Waals surface area contributed by atoms with Gasteiger partial charge in [0.15, 0.2) is 0 Å². The summed E-state index contributed by atoms with van der Waals surface area (Å²) in [6.07, 6.45) is 10.3. The van der Waals surface area contributed by atoms with Gasteiger partial charge in [0.1, 0.15) is 5.41 Å². The van der Waals surface area contributed by atoms with Crippen LogP contribution in [0.1, 0.15) is 65.7 Å². The molecule has 0 bridgehead atoms. The third-order valence-corrected chi connectivity index (χ3v) is 5.16. The molecule has 4 nitrogen and oxygen atoms in total. The number of amides is 2. The lowest BCUT2D eigenvalue weighted by Crippen LogP contribution is -2.52. The third kappa shape index (κ3) is 4.82. The first-order valence-electron chi connectivity index (χ1n) is 9.17. The fraction of sp³-hybridized carbons (Fsp3) is 0.789. The van der Waals surface area contributed by atoms with Crippen LogP contribution in [-0.4, -0.2) is 36.3 Å². The molecule has 0 saturated carbocycles. The molecule has 1 aliphatic heterocycles. The van der Waals surface area contributed by atoms with Crippen molar-refractivity contribution in [1.29, 1.82) is 0 Å². The number of hydrogen-bond donors (Lipinski definition) is 1. The van der Waals surface area contributed by atoms with Gasteiger partial charge in [-0.05, 0) is 64.7 Å². The van der Waals surface area contributed by atoms with Crippen molar-refractivity contribution in [3.05, 3.63) is 11.6 Å². The van der Waals surface area contributed by atoms with Crippen molar-refractivity contribution in [2.45, 2.75) is 65.7 Å². The van der Waals surface area contributed by atoms with E-state index in [4.69, 9.17) is 0 Å². The zero-order chi connectivity index (χ0) is 16.9. The van der Waals surface area contributed by atoms with Crippen molar-refractivity contribution < 1.29 is 9.59 Å². The molecule has 4 heteroatoms. The van der Waals surface area contributed by atoms with E-state index in [0.29, 0.717) is 12.5 Å². The minimum atomic E-state index is -0.974. The second-order valence-electron chi connectivity index (χ2n) is 7.74. The predicted octanol–water partition coefficient (Wildman–Crippen LogP) is 3.28. The van der Waals surface area contributed by atoms with Crippen LogP contribution in [0.15, 0.2) is 11.6 Å². The van der Waals surface area contributed by atoms with Gasteiger partial charge in [-0.1, -0.05) is 18.6 Å². The summed E-state index contributed by atoms with van der Waals surface area (Å²) < 4.78 is 0. The number of carbonyl (C=O) groups excluding carboxylic acids is 2. The number of hydrogen-bond acceptors (Lipinski definition) is 2. The summed E-state index contributed by atoms with van der Waals surface area (Å²) in [6.45, 7) is 7.88. The Balaban J connectivity index is 1.83. The molecule has 0 radical (unpaired) electrons. The number of nitrogens with zero attached hydrogens (tertiary/aromatic N) is 1. The lowest BCUT2D eigenvalue weighted by Gasteiger charge is -2.36. The van der Waals surface area contributed by atoms with Crippen LogP contribution in [-0.2, 0) is 9.59 Å². The summed E-state index contributed by atoms with van der Waals surface area (Å²) in [5.41, 5.74) is 0.475. The highest BCUT2D eigenvalue weighted by atomic mass is 16.2. The molecule has 2 rings (SSSR count). The topological polar surface area (TPSA) is 49.4 Å². The van der Waals surface area contributed by atoms with Gasteiger partial charge in [0, 0.05) is 19.6 Å². The van der Waals surface area contributed by atoms with Crippen LogP contribution in [0.3, 0.4) is 0 Å². The third-order valence-electron chi connectivity index (χ3n) is 5.16. The zero-order valence-electron chi connectivity index (χ0n) is 15.0. The number of nitrogens with one attached hydrogen (secondary N) is 1. The zero-order valence-corrected chi connectivity index (χ0v) is 15.0. The molecule has 1 fully saturated rings. The molecule has 1 N–H and O–H groups in total. The normalized spacial score (nSPS) is 22.5. The SMILES string of the molecule is CC1CCCN(C(=O)C(C)(C)C(=O)NCCC2=CCCCC2)C1. The van der Waals surface area contributed by atoms with Crippen LogP contribution >= 0.6 is 0 Å². The molecular formula is C19H32N2O2. The second-order valence-corrected chi connectivity index (χ2v) is 7.74. The number of allylic oxidation sites excluding steroid dienone is 1. The van der Waals surface area contributed by atoms with Crippen LogP contribution in [0, 0.1) is 11.3 Å². The van der Waals surface area contributed by atoms with Crippen LogP contribution < -0.4 is 5.32 Å². The largest absolute Gasteiger partial charge is 0.355 e. The fourth-order valence-corrected chi connectivity index (χ4v) is 3.56. The smallest absolute Gasteiger partial charge is 0.237 e. The summed E-state index contributed by atoms with van der Waals surface area (Å²) in [6, 6.07) is 0. The van der Waals surface area contributed by atoms with Crippen molar-refractivity contribution in [2.24, 2.45) is 11.3 Å². The van der Waals surface area contributed by atoms with Crippen LogP contribution in [0.2, 0.25) is 0 Å². The molecule has 0 aromatic carbocycles. The lowest BCUT2D eigenvalue weighted by molar-refractivity contribution is -0.149. The first-order chi connectivity index (χ1) is 10.9. The van der Waals surface area contributed by atoms with Crippen molar-refractivity contribution in [3.63, 3.8) is 0 Å². The van der Waals surface area contributed by atoms with E-state index in [9.17, 15) is 9.59 Å². The van der Waals surface area contributed by atoms with Gasteiger partial charge in [-0.3, -0.25) is 9.59 Å². The van der Waals surface area contributed by atoms with E-state index in [1.165, 1.54) is 31.3 Å². The van der Waals surface area contributed by atoms with E-state index in [-0.39, 0.29) is 11.8 Å². The van der Waals surface area contributed by atoms with Gasteiger partial charge in [0.05, 0.1) is 0 Å². The summed E-state index contributed by atoms with van der Waals surface area (Å²) in [4.78, 5) is 27.1. The summed E-state index contributed by atoms with van der Waals surface area (Å²) >= 11 is 0. The van der Waals surface area contributed by atoms with Crippen molar-refractivity contribution in [1.82, 2.24) is 10.2 Å². The van der Waals surface area contributed by atoms with E-state index < -0.39 is 5.41 Å². The number of rotatable bonds is 5. The quantitative estimate of drug-likeness (QED) is 0.624. The number of likely N-dealkylation sites (tertiary alicyclic amines) is 1. The molecule has 1 aliphatic carbocycles. The molecule has 23 heavy (non-hydrogen) atoms. The predicted molar refractivity (Wildman–Crippen MR) is 92.9 cm³/mol. The Morgan fingerprint density at radius 3 is 2.74 bits per heavy atom. The number of carbonyl (C=O) groups is 2. The molecule has 2 aliphatic rings. The van der Waals surface area contributed by atoms with Gasteiger partial charge in [0.25, 0.3) is 0 Å². The Morgan fingerprint density at radius 2 is 2.09 bits per heavy atom. The molecule has 0 spiro atoms. The highest BCUT2D eigenvalue weighted by Crippen LogP contribution is 2.24. The van der Waals surface area contributed by atoms with Gasteiger partial charge >= 0.3 is 0 Å². The molecule has 1 heterocycles. The van der Waals surface area contributed by atoms with Gasteiger partial charge in [-0.15, -0.1) is 0 Å². The Morgan fingerprint density at radius 1 is 1.30 bits per heavy atom. The van der Waals surface area contributed by atoms with Gasteiger partial charge in [-0.25, -0.2) is 0 Å². The maximum Gasteiger partial charge on any atom is 0.237 e. The van der Waals surface area contributed by atoms with Gasteiger partial charge < -0.3 is 10.2 Å². The molecular weight excluding hydrogens is 288 g/mol. The van der Waals surface area contributed by atoms with Gasteiger partial charge in [0.2, 0.25) is 11.8 Å². The van der Waals surface area contributed by atoms with Crippen LogP contribution in [0.5, 0.6) is 0 Å². The van der Waals surface area contributed by atoms with E-state index in [1.807, 2.05) is 4.90 Å². The van der Waals surface area contributed by atoms with Crippen molar-refractivity contribution in [2.75, 3.05) is 19.6 Å². The Kier molecular flexibility index (Phi) is 6.25. The van der Waals surface area contributed by atoms with E-state index in [0.717, 1.165) is 32.4 Å². The van der Waals surface area contributed by atoms with E-state index in [1.54, 1.807) is 13.8 Å². The fourth-order valence-electron chi connectivity index (χ4n) is 3.56. The highest BCUT2D eigenvalue weighted by Gasteiger charge is 2.39. The van der Waals surface area contributed by atoms with Crippen LogP contribution in [0.4, 0.5) is 0 Å². The minimum absolute atomic E-state index is 0.0292. The Bertz CT molecular complexity index is 468. The molecule has 0 aromatic rings. The van der Waals surface area contributed by atoms with Crippen molar-refractivity contribution in [3.8, 4) is 0 Å². The molecule has 1 unspecified atom stereocenters. The standard InChI is InChI=1S/C19H32N2O2/c1-15-8-7-13-21(14-15)18(23)19(2,3)17(22)20-12-11-16-9-5-4-6-10-16/h9,15H,4-8,10-14H2,1-3H3,(H,20,22). The summed E-state index contributed by atoms with van der Waals surface area (Å²) in [5, 5.41) is 2.97. The van der Waals surface area contributed by atoms with Crippen molar-refractivity contribution >= 4 is 11.8 Å². The maximum atomic E-state index is 12.7. The van der Waals surface area contributed by atoms with E-state index >= 15 is 0 Å². The highest BCUT2D eigenvalue weighted by molar-refractivity contribution is 6.04. The molecule has 1 atom stereocenters. The Labute approximate surface area is 140 Å². The van der Waals surface area contributed by atoms with Gasteiger partial charge in [-0.2, -0.15) is 0 Å². The summed E-state index contributed by atoms with van der Waals surface area (Å²) in [5.74, 6) is 0.361. The Hall–Kier alpha value is -1.32. The average molecular weight is 320 g/mol. The van der Waals surface area contributed by atoms with Crippen LogP contribution in [0.25, 0.3) is 0 Å². The van der Waals surface area contributed by atoms with E-state index in [2.05, 4.69) is 18.3 Å². The first kappa shape index (κ1) is 18.0. The summed E-state index contributed by atoms with van der Waals surface area (Å²) in [7, 11) is 0. The second kappa shape index (κ2) is 7.98.